The molecule has 0 aliphatic heterocycles. The van der Waals surface area contributed by atoms with Gasteiger partial charge in [-0.25, -0.2) is 0 Å². The van der Waals surface area contributed by atoms with Crippen molar-refractivity contribution in [2.75, 3.05) is 0 Å². The maximum Gasteiger partial charge on any atom is 0.534 e. The van der Waals surface area contributed by atoms with Gasteiger partial charge < -0.3 is 8.92 Å². The van der Waals surface area contributed by atoms with Gasteiger partial charge in [0.2, 0.25) is 0 Å². The van der Waals surface area contributed by atoms with E-state index >= 15 is 0 Å². The summed E-state index contributed by atoms with van der Waals surface area (Å²) in [6.07, 6.45) is -5.27. The molecule has 0 saturated carbocycles. The Morgan fingerprint density at radius 3 is 1.88 bits per heavy atom. The van der Waals surface area contributed by atoms with Crippen molar-refractivity contribution in [1.29, 1.82) is 0 Å². The van der Waals surface area contributed by atoms with E-state index < -0.39 is 44.7 Å². The Hall–Kier alpha value is -2.76. The van der Waals surface area contributed by atoms with Crippen molar-refractivity contribution in [3.63, 3.8) is 0 Å². The van der Waals surface area contributed by atoms with E-state index in [2.05, 4.69) is 4.18 Å². The number of halogens is 6. The summed E-state index contributed by atoms with van der Waals surface area (Å²) in [5.74, 6) is -2.00. The Labute approximate surface area is 180 Å². The van der Waals surface area contributed by atoms with Crippen LogP contribution in [0.3, 0.4) is 0 Å². The lowest BCUT2D eigenvalue weighted by Crippen LogP contribution is -2.28. The van der Waals surface area contributed by atoms with Crippen molar-refractivity contribution >= 4 is 16.1 Å². The summed E-state index contributed by atoms with van der Waals surface area (Å²) >= 11 is 0. The van der Waals surface area contributed by atoms with E-state index in [1.807, 2.05) is 0 Å². The third kappa shape index (κ3) is 6.62. The van der Waals surface area contributed by atoms with Crippen LogP contribution in [0, 0.1) is 0 Å². The van der Waals surface area contributed by atoms with Gasteiger partial charge in [0.25, 0.3) is 0 Å². The van der Waals surface area contributed by atoms with Gasteiger partial charge >= 0.3 is 27.8 Å². The molecular weight excluding hydrogens is 466 g/mol. The fraction of sp³-hybridized carbons (Fsp3) is 0.350. The summed E-state index contributed by atoms with van der Waals surface area (Å²) < 4.78 is 109. The van der Waals surface area contributed by atoms with Gasteiger partial charge in [0.1, 0.15) is 5.60 Å². The van der Waals surface area contributed by atoms with Crippen molar-refractivity contribution in [2.45, 2.75) is 44.5 Å². The Morgan fingerprint density at radius 1 is 0.875 bits per heavy atom. The number of rotatable bonds is 5. The topological polar surface area (TPSA) is 69.7 Å². The molecule has 2 aromatic carbocycles. The predicted octanol–water partition coefficient (Wildman–Crippen LogP) is 5.49. The Bertz CT molecular complexity index is 1080. The standard InChI is InChI=1S/C20H18F6O5S/c1-18(2,3)30-17(27)10-12-4-6-13(7-5-12)14-8-9-16(15(11-14)19(21,22)23)31-32(28,29)20(24,25)26/h4-9,11H,10H2,1-3H3. The van der Waals surface area contributed by atoms with Crippen LogP contribution in [0.1, 0.15) is 31.9 Å². The number of ether oxygens (including phenoxy) is 1. The number of carbonyl (C=O) groups excluding carboxylic acids is 1. The minimum Gasteiger partial charge on any atom is -0.460 e. The molecule has 0 amide bonds. The highest BCUT2D eigenvalue weighted by molar-refractivity contribution is 7.88. The molecule has 2 rings (SSSR count). The molecule has 0 N–H and O–H groups in total. The van der Waals surface area contributed by atoms with Crippen LogP contribution in [0.25, 0.3) is 11.1 Å². The van der Waals surface area contributed by atoms with Gasteiger partial charge in [-0.2, -0.15) is 34.8 Å². The Balaban J connectivity index is 2.34. The maximum atomic E-state index is 13.4. The summed E-state index contributed by atoms with van der Waals surface area (Å²) in [6.45, 7) is 5.08. The van der Waals surface area contributed by atoms with Crippen LogP contribution in [0.4, 0.5) is 26.3 Å². The van der Waals surface area contributed by atoms with E-state index in [9.17, 15) is 39.6 Å². The predicted molar refractivity (Wildman–Crippen MR) is 102 cm³/mol. The van der Waals surface area contributed by atoms with Gasteiger partial charge in [-0.1, -0.05) is 30.3 Å². The molecule has 32 heavy (non-hydrogen) atoms. The number of alkyl halides is 6. The van der Waals surface area contributed by atoms with E-state index in [-0.39, 0.29) is 17.5 Å². The summed E-state index contributed by atoms with van der Waals surface area (Å²) in [5, 5.41) is 0. The summed E-state index contributed by atoms with van der Waals surface area (Å²) in [4.78, 5) is 11.9. The van der Waals surface area contributed by atoms with E-state index in [0.717, 1.165) is 6.07 Å². The van der Waals surface area contributed by atoms with Gasteiger partial charge in [0.05, 0.1) is 12.0 Å². The highest BCUT2D eigenvalue weighted by Gasteiger charge is 2.49. The van der Waals surface area contributed by atoms with Crippen LogP contribution in [0.15, 0.2) is 42.5 Å². The zero-order chi connectivity index (χ0) is 24.5. The average Bonchev–Trinajstić information content (AvgIpc) is 2.59. The fourth-order valence-electron chi connectivity index (χ4n) is 2.53. The second-order valence-electron chi connectivity index (χ2n) is 7.65. The summed E-state index contributed by atoms with van der Waals surface area (Å²) in [7, 11) is -6.29. The van der Waals surface area contributed by atoms with Crippen LogP contribution in [0.5, 0.6) is 5.75 Å². The van der Waals surface area contributed by atoms with Crippen molar-refractivity contribution in [3.05, 3.63) is 53.6 Å². The molecule has 0 saturated heterocycles. The van der Waals surface area contributed by atoms with Crippen LogP contribution < -0.4 is 4.18 Å². The molecule has 0 aliphatic rings. The maximum absolute atomic E-state index is 13.4. The zero-order valence-corrected chi connectivity index (χ0v) is 17.8. The van der Waals surface area contributed by atoms with E-state index in [1.165, 1.54) is 24.3 Å². The van der Waals surface area contributed by atoms with Crippen molar-refractivity contribution < 1.29 is 48.5 Å². The highest BCUT2D eigenvalue weighted by Crippen LogP contribution is 2.40. The van der Waals surface area contributed by atoms with Crippen molar-refractivity contribution in [2.24, 2.45) is 0 Å². The van der Waals surface area contributed by atoms with E-state index in [1.54, 1.807) is 20.8 Å². The van der Waals surface area contributed by atoms with Crippen LogP contribution in [0.2, 0.25) is 0 Å². The first kappa shape index (κ1) is 25.5. The molecule has 0 aromatic heterocycles. The van der Waals surface area contributed by atoms with E-state index in [4.69, 9.17) is 4.74 Å². The molecule has 12 heteroatoms. The number of carbonyl (C=O) groups is 1. The molecule has 0 spiro atoms. The van der Waals surface area contributed by atoms with Gasteiger partial charge in [0, 0.05) is 0 Å². The molecule has 0 heterocycles. The summed E-state index contributed by atoms with van der Waals surface area (Å²) in [6, 6.07) is 7.72. The average molecular weight is 484 g/mol. The molecule has 0 aliphatic carbocycles. The lowest BCUT2D eigenvalue weighted by molar-refractivity contribution is -0.154. The van der Waals surface area contributed by atoms with Gasteiger partial charge in [0.15, 0.2) is 5.75 Å². The third-order valence-corrected chi connectivity index (χ3v) is 4.79. The lowest BCUT2D eigenvalue weighted by Gasteiger charge is -2.19. The third-order valence-electron chi connectivity index (χ3n) is 3.82. The van der Waals surface area contributed by atoms with Crippen molar-refractivity contribution in [3.8, 4) is 16.9 Å². The molecule has 0 atom stereocenters. The SMILES string of the molecule is CC(C)(C)OC(=O)Cc1ccc(-c2ccc(OS(=O)(=O)C(F)(F)F)c(C(F)(F)F)c2)cc1. The smallest absolute Gasteiger partial charge is 0.460 e. The molecule has 176 valence electrons. The van der Waals surface area contributed by atoms with E-state index in [0.29, 0.717) is 17.7 Å². The largest absolute Gasteiger partial charge is 0.534 e. The first-order valence-corrected chi connectivity index (χ1v) is 10.3. The fourth-order valence-corrected chi connectivity index (χ4v) is 3.00. The van der Waals surface area contributed by atoms with Crippen molar-refractivity contribution in [1.82, 2.24) is 0 Å². The minimum atomic E-state index is -6.29. The molecule has 2 aromatic rings. The number of esters is 1. The molecule has 0 bridgehead atoms. The second kappa shape index (κ2) is 8.64. The molecule has 0 radical (unpaired) electrons. The number of hydrogen-bond acceptors (Lipinski definition) is 5. The van der Waals surface area contributed by atoms with Gasteiger partial charge in [-0.3, -0.25) is 4.79 Å². The number of hydrogen-bond donors (Lipinski definition) is 0. The first-order valence-electron chi connectivity index (χ1n) is 8.92. The lowest BCUT2D eigenvalue weighted by atomic mass is 10.00. The van der Waals surface area contributed by atoms with Crippen LogP contribution in [-0.2, 0) is 32.2 Å². The Morgan fingerprint density at radius 2 is 1.41 bits per heavy atom. The summed E-state index contributed by atoms with van der Waals surface area (Å²) in [5.41, 5.74) is -7.56. The molecule has 0 fully saturated rings. The monoisotopic (exact) mass is 484 g/mol. The quantitative estimate of drug-likeness (QED) is 0.243. The van der Waals surface area contributed by atoms with Gasteiger partial charge in [-0.05, 0) is 49.6 Å². The van der Waals surface area contributed by atoms with Gasteiger partial charge in [-0.15, -0.1) is 0 Å². The molecule has 5 nitrogen and oxygen atoms in total. The molecule has 0 unspecified atom stereocenters. The number of benzene rings is 2. The van der Waals surface area contributed by atoms with Crippen LogP contribution >= 0.6 is 0 Å². The zero-order valence-electron chi connectivity index (χ0n) is 17.0. The minimum absolute atomic E-state index is 0.0575. The highest BCUT2D eigenvalue weighted by atomic mass is 32.2. The second-order valence-corrected chi connectivity index (χ2v) is 9.19. The Kier molecular flexibility index (Phi) is 6.89. The van der Waals surface area contributed by atoms with Crippen LogP contribution in [-0.4, -0.2) is 25.5 Å². The normalized spacial score (nSPS) is 13.0. The first-order chi connectivity index (χ1) is 14.4. The molecular formula is C20H18F6O5S.